The second-order valence-electron chi connectivity index (χ2n) is 3.80. The van der Waals surface area contributed by atoms with E-state index >= 15 is 0 Å². The summed E-state index contributed by atoms with van der Waals surface area (Å²) in [5.41, 5.74) is 2.72. The van der Waals surface area contributed by atoms with Gasteiger partial charge in [0.25, 0.3) is 0 Å². The highest BCUT2D eigenvalue weighted by Gasteiger charge is 2.36. The van der Waals surface area contributed by atoms with Crippen molar-refractivity contribution in [3.8, 4) is 0 Å². The zero-order valence-corrected chi connectivity index (χ0v) is 8.74. The van der Waals surface area contributed by atoms with Gasteiger partial charge >= 0.3 is 5.97 Å². The molecule has 0 N–H and O–H groups in total. The molecule has 0 saturated carbocycles. The van der Waals surface area contributed by atoms with Crippen molar-refractivity contribution in [1.29, 1.82) is 0 Å². The van der Waals surface area contributed by atoms with Crippen LogP contribution < -0.4 is 0 Å². The van der Waals surface area contributed by atoms with Gasteiger partial charge in [-0.15, -0.1) is 0 Å². The van der Waals surface area contributed by atoms with E-state index in [-0.39, 0.29) is 5.78 Å². The lowest BCUT2D eigenvalue weighted by Gasteiger charge is -2.03. The number of aryl methyl sites for hydroxylation is 1. The number of methoxy groups -OCH3 is 1. The number of hydrogen-bond donors (Lipinski definition) is 0. The van der Waals surface area contributed by atoms with Gasteiger partial charge in [-0.3, -0.25) is 9.59 Å². The Bertz CT molecular complexity index is 434. The molecule has 1 unspecified atom stereocenters. The van der Waals surface area contributed by atoms with E-state index in [9.17, 15) is 9.59 Å². The molecule has 1 atom stereocenters. The van der Waals surface area contributed by atoms with Gasteiger partial charge in [-0.25, -0.2) is 0 Å². The monoisotopic (exact) mass is 204 g/mol. The van der Waals surface area contributed by atoms with Gasteiger partial charge in [-0.2, -0.15) is 0 Å². The zero-order valence-electron chi connectivity index (χ0n) is 8.74. The fourth-order valence-corrected chi connectivity index (χ4v) is 1.96. The van der Waals surface area contributed by atoms with Crippen molar-refractivity contribution < 1.29 is 14.3 Å². The van der Waals surface area contributed by atoms with Gasteiger partial charge in [-0.05, 0) is 18.9 Å². The Labute approximate surface area is 88.1 Å². The number of ether oxygens (including phenoxy) is 1. The smallest absolute Gasteiger partial charge is 0.316 e. The quantitative estimate of drug-likeness (QED) is 0.514. The number of rotatable bonds is 1. The molecule has 0 amide bonds. The lowest BCUT2D eigenvalue weighted by Crippen LogP contribution is -2.21. The minimum Gasteiger partial charge on any atom is -0.468 e. The molecule has 0 bridgehead atoms. The Kier molecular flexibility index (Phi) is 2.31. The van der Waals surface area contributed by atoms with Crippen LogP contribution in [0.4, 0.5) is 0 Å². The van der Waals surface area contributed by atoms with Crippen LogP contribution in [0.25, 0.3) is 0 Å². The number of ketones is 1. The number of Topliss-reactive ketones (excluding diaryl/α,β-unsaturated/α-hetero) is 1. The van der Waals surface area contributed by atoms with E-state index in [0.29, 0.717) is 12.0 Å². The SMILES string of the molecule is COC(=O)C1Cc2cc(C)ccc2C1=O. The first-order valence-corrected chi connectivity index (χ1v) is 4.85. The lowest BCUT2D eigenvalue weighted by molar-refractivity contribution is -0.143. The maximum absolute atomic E-state index is 11.8. The first-order chi connectivity index (χ1) is 7.13. The Balaban J connectivity index is 2.37. The molecule has 78 valence electrons. The number of carbonyl (C=O) groups is 2. The highest BCUT2D eigenvalue weighted by Crippen LogP contribution is 2.28. The van der Waals surface area contributed by atoms with Gasteiger partial charge in [0.15, 0.2) is 5.78 Å². The normalized spacial score (nSPS) is 18.8. The molecule has 1 aromatic carbocycles. The minimum absolute atomic E-state index is 0.114. The Morgan fingerprint density at radius 2 is 2.20 bits per heavy atom. The standard InChI is InChI=1S/C12H12O3/c1-7-3-4-9-8(5-7)6-10(11(9)13)12(14)15-2/h3-5,10H,6H2,1-2H3. The first-order valence-electron chi connectivity index (χ1n) is 4.85. The third kappa shape index (κ3) is 1.54. The lowest BCUT2D eigenvalue weighted by atomic mass is 10.1. The molecule has 3 heteroatoms. The summed E-state index contributed by atoms with van der Waals surface area (Å²) in [4.78, 5) is 23.1. The van der Waals surface area contributed by atoms with Crippen LogP contribution in [0, 0.1) is 12.8 Å². The summed E-state index contributed by atoms with van der Waals surface area (Å²) < 4.78 is 4.61. The summed E-state index contributed by atoms with van der Waals surface area (Å²) in [5.74, 6) is -1.18. The predicted octanol–water partition coefficient (Wildman–Crippen LogP) is 1.52. The van der Waals surface area contributed by atoms with Crippen LogP contribution in [0.5, 0.6) is 0 Å². The van der Waals surface area contributed by atoms with Crippen LogP contribution in [0.3, 0.4) is 0 Å². The van der Waals surface area contributed by atoms with Crippen LogP contribution in [0.15, 0.2) is 18.2 Å². The van der Waals surface area contributed by atoms with E-state index in [0.717, 1.165) is 11.1 Å². The molecule has 2 rings (SSSR count). The van der Waals surface area contributed by atoms with Gasteiger partial charge in [-0.1, -0.05) is 23.8 Å². The largest absolute Gasteiger partial charge is 0.468 e. The summed E-state index contributed by atoms with van der Waals surface area (Å²) in [6, 6.07) is 5.63. The molecule has 1 aliphatic carbocycles. The number of hydrogen-bond acceptors (Lipinski definition) is 3. The zero-order chi connectivity index (χ0) is 11.0. The van der Waals surface area contributed by atoms with Crippen molar-refractivity contribution in [3.05, 3.63) is 34.9 Å². The summed E-state index contributed by atoms with van der Waals surface area (Å²) in [7, 11) is 1.31. The van der Waals surface area contributed by atoms with Crippen molar-refractivity contribution in [2.75, 3.05) is 7.11 Å². The minimum atomic E-state index is -0.633. The second kappa shape index (κ2) is 3.50. The Hall–Kier alpha value is -1.64. The summed E-state index contributed by atoms with van der Waals surface area (Å²) >= 11 is 0. The van der Waals surface area contributed by atoms with E-state index < -0.39 is 11.9 Å². The van der Waals surface area contributed by atoms with Gasteiger partial charge in [0.2, 0.25) is 0 Å². The Morgan fingerprint density at radius 3 is 2.87 bits per heavy atom. The van der Waals surface area contributed by atoms with Gasteiger partial charge in [0.1, 0.15) is 5.92 Å². The molecule has 0 aromatic heterocycles. The summed E-state index contributed by atoms with van der Waals surface area (Å²) in [6.45, 7) is 1.97. The highest BCUT2D eigenvalue weighted by molar-refractivity contribution is 6.12. The number of carbonyl (C=O) groups excluding carboxylic acids is 2. The van der Waals surface area contributed by atoms with E-state index in [1.807, 2.05) is 19.1 Å². The van der Waals surface area contributed by atoms with Crippen LogP contribution in [0.2, 0.25) is 0 Å². The number of benzene rings is 1. The van der Waals surface area contributed by atoms with E-state index in [1.165, 1.54) is 7.11 Å². The van der Waals surface area contributed by atoms with Crippen LogP contribution in [0.1, 0.15) is 21.5 Å². The van der Waals surface area contributed by atoms with Gasteiger partial charge < -0.3 is 4.74 Å². The molecule has 3 nitrogen and oxygen atoms in total. The average molecular weight is 204 g/mol. The molecule has 1 aliphatic rings. The molecule has 15 heavy (non-hydrogen) atoms. The van der Waals surface area contributed by atoms with Crippen molar-refractivity contribution in [2.45, 2.75) is 13.3 Å². The molecule has 1 aromatic rings. The number of esters is 1. The highest BCUT2D eigenvalue weighted by atomic mass is 16.5. The predicted molar refractivity (Wildman–Crippen MR) is 54.7 cm³/mol. The molecular weight excluding hydrogens is 192 g/mol. The fourth-order valence-electron chi connectivity index (χ4n) is 1.96. The topological polar surface area (TPSA) is 43.4 Å². The maximum Gasteiger partial charge on any atom is 0.316 e. The Morgan fingerprint density at radius 1 is 1.47 bits per heavy atom. The first kappa shape index (κ1) is 9.90. The van der Waals surface area contributed by atoms with E-state index in [1.54, 1.807) is 6.07 Å². The summed E-state index contributed by atoms with van der Waals surface area (Å²) in [6.07, 6.45) is 0.475. The molecular formula is C12H12O3. The number of fused-ring (bicyclic) bond motifs is 1. The third-order valence-electron chi connectivity index (χ3n) is 2.75. The van der Waals surface area contributed by atoms with Gasteiger partial charge in [0, 0.05) is 5.56 Å². The van der Waals surface area contributed by atoms with Crippen LogP contribution in [-0.2, 0) is 16.0 Å². The molecule has 0 saturated heterocycles. The molecule has 0 fully saturated rings. The average Bonchev–Trinajstić information content (AvgIpc) is 2.54. The van der Waals surface area contributed by atoms with Crippen molar-refractivity contribution in [3.63, 3.8) is 0 Å². The molecule has 0 radical (unpaired) electrons. The maximum atomic E-state index is 11.8. The van der Waals surface area contributed by atoms with Crippen LogP contribution in [-0.4, -0.2) is 18.9 Å². The van der Waals surface area contributed by atoms with Crippen molar-refractivity contribution >= 4 is 11.8 Å². The van der Waals surface area contributed by atoms with E-state index in [4.69, 9.17) is 0 Å². The van der Waals surface area contributed by atoms with Gasteiger partial charge in [0.05, 0.1) is 7.11 Å². The van der Waals surface area contributed by atoms with Crippen LogP contribution >= 0.6 is 0 Å². The molecule has 0 heterocycles. The third-order valence-corrected chi connectivity index (χ3v) is 2.75. The van der Waals surface area contributed by atoms with Crippen molar-refractivity contribution in [2.24, 2.45) is 5.92 Å². The molecule has 0 spiro atoms. The fraction of sp³-hybridized carbons (Fsp3) is 0.333. The second-order valence-corrected chi connectivity index (χ2v) is 3.80. The van der Waals surface area contributed by atoms with Crippen molar-refractivity contribution in [1.82, 2.24) is 0 Å². The van der Waals surface area contributed by atoms with E-state index in [2.05, 4.69) is 4.74 Å². The molecule has 0 aliphatic heterocycles. The summed E-state index contributed by atoms with van der Waals surface area (Å²) in [5, 5.41) is 0.